The van der Waals surface area contributed by atoms with Gasteiger partial charge in [-0.3, -0.25) is 9.69 Å². The molecule has 1 aliphatic heterocycles. The van der Waals surface area contributed by atoms with Gasteiger partial charge in [-0.1, -0.05) is 0 Å². The van der Waals surface area contributed by atoms with Gasteiger partial charge in [0.05, 0.1) is 12.7 Å². The average molecular weight is 259 g/mol. The summed E-state index contributed by atoms with van der Waals surface area (Å²) in [6, 6.07) is -0.226. The molecule has 0 saturated carbocycles. The first-order valence-electron chi connectivity index (χ1n) is 6.47. The Kier molecular flexibility index (Phi) is 5.56. The number of esters is 1. The molecule has 0 aliphatic carbocycles. The van der Waals surface area contributed by atoms with E-state index in [9.17, 15) is 9.90 Å². The van der Waals surface area contributed by atoms with Crippen molar-refractivity contribution in [2.45, 2.75) is 51.4 Å². The van der Waals surface area contributed by atoms with Gasteiger partial charge in [0, 0.05) is 13.7 Å². The molecule has 0 aromatic rings. The topological polar surface area (TPSA) is 59.0 Å². The maximum absolute atomic E-state index is 12.0. The average Bonchev–Trinajstić information content (AvgIpc) is 2.63. The molecule has 0 aromatic carbocycles. The summed E-state index contributed by atoms with van der Waals surface area (Å²) in [5.74, 6) is -0.190. The van der Waals surface area contributed by atoms with E-state index in [1.54, 1.807) is 7.11 Å². The summed E-state index contributed by atoms with van der Waals surface area (Å²) in [7, 11) is 1.55. The third-order valence-electron chi connectivity index (χ3n) is 2.85. The maximum atomic E-state index is 12.0. The molecular weight excluding hydrogens is 234 g/mol. The van der Waals surface area contributed by atoms with Gasteiger partial charge >= 0.3 is 5.97 Å². The van der Waals surface area contributed by atoms with E-state index >= 15 is 0 Å². The molecule has 1 N–H and O–H groups in total. The number of methoxy groups -OCH3 is 1. The van der Waals surface area contributed by atoms with Crippen molar-refractivity contribution < 1.29 is 19.4 Å². The summed E-state index contributed by atoms with van der Waals surface area (Å²) in [6.45, 7) is 7.16. The Hall–Kier alpha value is -0.650. The summed E-state index contributed by atoms with van der Waals surface area (Å²) in [5.41, 5.74) is -0.462. The molecule has 1 heterocycles. The van der Waals surface area contributed by atoms with Gasteiger partial charge in [0.25, 0.3) is 0 Å². The smallest absolute Gasteiger partial charge is 0.323 e. The second-order valence-corrected chi connectivity index (χ2v) is 5.80. The highest BCUT2D eigenvalue weighted by molar-refractivity contribution is 5.76. The van der Waals surface area contributed by atoms with Crippen molar-refractivity contribution in [2.75, 3.05) is 26.8 Å². The van der Waals surface area contributed by atoms with E-state index in [0.717, 1.165) is 19.4 Å². The largest absolute Gasteiger partial charge is 0.459 e. The fraction of sp³-hybridized carbons (Fsp3) is 0.923. The standard InChI is InChI=1S/C13H25NO4/c1-13(2,3)18-12(16)11-6-5-7-14(11)8-10(15)9-17-4/h10-11,15H,5-9H2,1-4H3/t10?,11-/m1/s1. The number of ether oxygens (including phenoxy) is 2. The highest BCUT2D eigenvalue weighted by Gasteiger charge is 2.34. The van der Waals surface area contributed by atoms with Crippen molar-refractivity contribution in [1.29, 1.82) is 0 Å². The molecule has 5 nitrogen and oxygen atoms in total. The van der Waals surface area contributed by atoms with E-state index in [1.807, 2.05) is 25.7 Å². The minimum absolute atomic E-state index is 0.190. The first-order valence-corrected chi connectivity index (χ1v) is 6.47. The summed E-state index contributed by atoms with van der Waals surface area (Å²) in [4.78, 5) is 14.0. The lowest BCUT2D eigenvalue weighted by Crippen LogP contribution is -2.44. The fourth-order valence-corrected chi connectivity index (χ4v) is 2.20. The van der Waals surface area contributed by atoms with Gasteiger partial charge in [-0.25, -0.2) is 0 Å². The van der Waals surface area contributed by atoms with Crippen molar-refractivity contribution in [3.8, 4) is 0 Å². The normalized spacial score (nSPS) is 23.1. The molecule has 106 valence electrons. The van der Waals surface area contributed by atoms with Crippen LogP contribution in [0.1, 0.15) is 33.6 Å². The molecule has 0 bridgehead atoms. The van der Waals surface area contributed by atoms with Crippen LogP contribution in [0.2, 0.25) is 0 Å². The summed E-state index contributed by atoms with van der Waals surface area (Å²) in [5, 5.41) is 9.72. The molecule has 0 radical (unpaired) electrons. The van der Waals surface area contributed by atoms with Gasteiger partial charge in [0.1, 0.15) is 11.6 Å². The predicted molar refractivity (Wildman–Crippen MR) is 68.3 cm³/mol. The minimum Gasteiger partial charge on any atom is -0.459 e. The number of hydrogen-bond donors (Lipinski definition) is 1. The number of aliphatic hydroxyl groups excluding tert-OH is 1. The Labute approximate surface area is 109 Å². The van der Waals surface area contributed by atoms with Crippen LogP contribution >= 0.6 is 0 Å². The number of likely N-dealkylation sites (tertiary alicyclic amines) is 1. The van der Waals surface area contributed by atoms with Crippen molar-refractivity contribution in [3.63, 3.8) is 0 Å². The van der Waals surface area contributed by atoms with Crippen molar-refractivity contribution in [3.05, 3.63) is 0 Å². The number of nitrogens with zero attached hydrogens (tertiary/aromatic N) is 1. The van der Waals surface area contributed by atoms with E-state index in [-0.39, 0.29) is 18.6 Å². The second kappa shape index (κ2) is 6.50. The van der Waals surface area contributed by atoms with Crippen LogP contribution in [0, 0.1) is 0 Å². The summed E-state index contributed by atoms with van der Waals surface area (Å²) in [6.07, 6.45) is 1.20. The zero-order valence-corrected chi connectivity index (χ0v) is 11.8. The van der Waals surface area contributed by atoms with E-state index in [1.165, 1.54) is 0 Å². The molecule has 1 unspecified atom stereocenters. The van der Waals surface area contributed by atoms with Crippen LogP contribution in [0.15, 0.2) is 0 Å². The monoisotopic (exact) mass is 259 g/mol. The molecule has 5 heteroatoms. The van der Waals surface area contributed by atoms with E-state index in [0.29, 0.717) is 6.54 Å². The molecule has 1 aliphatic rings. The number of rotatable bonds is 5. The Morgan fingerprint density at radius 3 is 2.72 bits per heavy atom. The Morgan fingerprint density at radius 2 is 2.17 bits per heavy atom. The predicted octanol–water partition coefficient (Wildman–Crippen LogP) is 0.800. The second-order valence-electron chi connectivity index (χ2n) is 5.80. The Balaban J connectivity index is 2.51. The fourth-order valence-electron chi connectivity index (χ4n) is 2.20. The van der Waals surface area contributed by atoms with Crippen LogP contribution in [0.4, 0.5) is 0 Å². The molecule has 2 atom stereocenters. The molecular formula is C13H25NO4. The molecule has 18 heavy (non-hydrogen) atoms. The van der Waals surface area contributed by atoms with E-state index in [4.69, 9.17) is 9.47 Å². The molecule has 0 aromatic heterocycles. The van der Waals surface area contributed by atoms with Crippen LogP contribution in [0.5, 0.6) is 0 Å². The molecule has 1 saturated heterocycles. The minimum atomic E-state index is -0.557. The lowest BCUT2D eigenvalue weighted by Gasteiger charge is -2.28. The maximum Gasteiger partial charge on any atom is 0.323 e. The van der Waals surface area contributed by atoms with Crippen LogP contribution in [-0.4, -0.2) is 60.5 Å². The summed E-state index contributed by atoms with van der Waals surface area (Å²) >= 11 is 0. The highest BCUT2D eigenvalue weighted by Crippen LogP contribution is 2.21. The Bertz CT molecular complexity index is 275. The van der Waals surface area contributed by atoms with Crippen molar-refractivity contribution in [2.24, 2.45) is 0 Å². The lowest BCUT2D eigenvalue weighted by atomic mass is 10.1. The molecule has 0 spiro atoms. The van der Waals surface area contributed by atoms with E-state index < -0.39 is 11.7 Å². The lowest BCUT2D eigenvalue weighted by molar-refractivity contribution is -0.160. The number of carbonyl (C=O) groups excluding carboxylic acids is 1. The first kappa shape index (κ1) is 15.4. The highest BCUT2D eigenvalue weighted by atomic mass is 16.6. The zero-order valence-electron chi connectivity index (χ0n) is 11.8. The first-order chi connectivity index (χ1) is 8.33. The summed E-state index contributed by atoms with van der Waals surface area (Å²) < 4.78 is 10.3. The quantitative estimate of drug-likeness (QED) is 0.740. The number of aliphatic hydroxyl groups is 1. The van der Waals surface area contributed by atoms with Crippen LogP contribution in [0.3, 0.4) is 0 Å². The molecule has 0 amide bonds. The Morgan fingerprint density at radius 1 is 1.50 bits per heavy atom. The van der Waals surface area contributed by atoms with Gasteiger partial charge in [-0.2, -0.15) is 0 Å². The zero-order chi connectivity index (χ0) is 13.8. The molecule has 1 rings (SSSR count). The SMILES string of the molecule is COCC(O)CN1CCC[C@@H]1C(=O)OC(C)(C)C. The number of hydrogen-bond acceptors (Lipinski definition) is 5. The van der Waals surface area contributed by atoms with Crippen LogP contribution in [-0.2, 0) is 14.3 Å². The van der Waals surface area contributed by atoms with Gasteiger partial charge < -0.3 is 14.6 Å². The van der Waals surface area contributed by atoms with Crippen molar-refractivity contribution in [1.82, 2.24) is 4.90 Å². The van der Waals surface area contributed by atoms with Gasteiger partial charge in [0.2, 0.25) is 0 Å². The number of carbonyl (C=O) groups is 1. The van der Waals surface area contributed by atoms with Crippen molar-refractivity contribution >= 4 is 5.97 Å². The third-order valence-corrected chi connectivity index (χ3v) is 2.85. The van der Waals surface area contributed by atoms with Crippen LogP contribution < -0.4 is 0 Å². The number of β-amino-alcohol motifs (C(OH)–C–C–N with tert-alkyl or cyclic N) is 1. The third kappa shape index (κ3) is 4.92. The van der Waals surface area contributed by atoms with Gasteiger partial charge in [-0.15, -0.1) is 0 Å². The van der Waals surface area contributed by atoms with E-state index in [2.05, 4.69) is 0 Å². The van der Waals surface area contributed by atoms with Gasteiger partial charge in [0.15, 0.2) is 0 Å². The molecule has 1 fully saturated rings. The van der Waals surface area contributed by atoms with Gasteiger partial charge in [-0.05, 0) is 40.2 Å². The van der Waals surface area contributed by atoms with Crippen LogP contribution in [0.25, 0.3) is 0 Å².